The molecule has 1 aliphatic heterocycles. The molecular weight excluding hydrogens is 406 g/mol. The molecule has 1 fully saturated rings. The minimum atomic E-state index is 0.0290. The number of nitrogens with one attached hydrogen (secondary N) is 1. The van der Waals surface area contributed by atoms with Gasteiger partial charge in [0.1, 0.15) is 17.4 Å². The maximum Gasteiger partial charge on any atom is 0.167 e. The van der Waals surface area contributed by atoms with Crippen LogP contribution >= 0.6 is 0 Å². The Morgan fingerprint density at radius 2 is 1.75 bits per heavy atom. The molecule has 0 spiro atoms. The van der Waals surface area contributed by atoms with Crippen molar-refractivity contribution < 1.29 is 10.2 Å². The van der Waals surface area contributed by atoms with E-state index in [0.717, 1.165) is 60.3 Å². The molecule has 0 unspecified atom stereocenters. The van der Waals surface area contributed by atoms with Crippen LogP contribution in [0.2, 0.25) is 0 Å². The SMILES string of the molecule is OCCNc1cc(N2CCN(c3ccc(O)cc3)CC2)nc2c(-c3cccnc3)cnn12. The monoisotopic (exact) mass is 431 g/mol. The molecule has 0 atom stereocenters. The molecule has 164 valence electrons. The van der Waals surface area contributed by atoms with Crippen molar-refractivity contribution in [2.24, 2.45) is 0 Å². The number of nitrogens with zero attached hydrogens (tertiary/aromatic N) is 6. The van der Waals surface area contributed by atoms with Crippen LogP contribution in [0.4, 0.5) is 17.3 Å². The van der Waals surface area contributed by atoms with E-state index in [1.165, 1.54) is 0 Å². The second kappa shape index (κ2) is 8.72. The quantitative estimate of drug-likeness (QED) is 0.427. The third-order valence-corrected chi connectivity index (χ3v) is 5.67. The fourth-order valence-corrected chi connectivity index (χ4v) is 4.00. The Labute approximate surface area is 185 Å². The van der Waals surface area contributed by atoms with E-state index in [0.29, 0.717) is 6.54 Å². The maximum absolute atomic E-state index is 9.54. The van der Waals surface area contributed by atoms with Crippen molar-refractivity contribution in [1.82, 2.24) is 19.6 Å². The van der Waals surface area contributed by atoms with Crippen LogP contribution in [-0.2, 0) is 0 Å². The number of fused-ring (bicyclic) bond motifs is 1. The number of hydrogen-bond donors (Lipinski definition) is 3. The van der Waals surface area contributed by atoms with Gasteiger partial charge in [0, 0.05) is 68.0 Å². The van der Waals surface area contributed by atoms with E-state index in [-0.39, 0.29) is 12.4 Å². The highest BCUT2D eigenvalue weighted by atomic mass is 16.3. The fraction of sp³-hybridized carbons (Fsp3) is 0.261. The molecule has 0 amide bonds. The molecule has 1 aliphatic rings. The molecule has 4 aromatic rings. The van der Waals surface area contributed by atoms with Crippen LogP contribution in [0, 0.1) is 0 Å². The van der Waals surface area contributed by atoms with Gasteiger partial charge in [0.25, 0.3) is 0 Å². The highest BCUT2D eigenvalue weighted by molar-refractivity contribution is 5.79. The molecule has 0 radical (unpaired) electrons. The first-order valence-corrected chi connectivity index (χ1v) is 10.7. The van der Waals surface area contributed by atoms with Crippen LogP contribution in [0.5, 0.6) is 5.75 Å². The maximum atomic E-state index is 9.54. The smallest absolute Gasteiger partial charge is 0.167 e. The third kappa shape index (κ3) is 3.90. The van der Waals surface area contributed by atoms with E-state index < -0.39 is 0 Å². The number of phenolic OH excluding ortho intramolecular Hbond substituents is 1. The first-order valence-electron chi connectivity index (χ1n) is 10.7. The molecule has 1 saturated heterocycles. The van der Waals surface area contributed by atoms with E-state index in [1.807, 2.05) is 36.5 Å². The molecule has 0 saturated carbocycles. The molecule has 5 rings (SSSR count). The summed E-state index contributed by atoms with van der Waals surface area (Å²) in [5, 5.41) is 26.6. The fourth-order valence-electron chi connectivity index (χ4n) is 4.00. The van der Waals surface area contributed by atoms with E-state index in [1.54, 1.807) is 29.0 Å². The Kier molecular flexibility index (Phi) is 5.47. The summed E-state index contributed by atoms with van der Waals surface area (Å²) < 4.78 is 1.77. The second-order valence-corrected chi connectivity index (χ2v) is 7.68. The summed E-state index contributed by atoms with van der Waals surface area (Å²) >= 11 is 0. The molecule has 4 heterocycles. The predicted molar refractivity (Wildman–Crippen MR) is 124 cm³/mol. The number of aromatic hydroxyl groups is 1. The van der Waals surface area contributed by atoms with Gasteiger partial charge in [-0.3, -0.25) is 4.98 Å². The normalized spacial score (nSPS) is 14.2. The van der Waals surface area contributed by atoms with Crippen molar-refractivity contribution in [3.8, 4) is 16.9 Å². The van der Waals surface area contributed by atoms with Crippen LogP contribution in [0.1, 0.15) is 0 Å². The van der Waals surface area contributed by atoms with Crippen molar-refractivity contribution in [2.75, 3.05) is 54.4 Å². The summed E-state index contributed by atoms with van der Waals surface area (Å²) in [5.41, 5.74) is 3.72. The van der Waals surface area contributed by atoms with Crippen molar-refractivity contribution in [3.63, 3.8) is 0 Å². The number of aliphatic hydroxyl groups is 1. The summed E-state index contributed by atoms with van der Waals surface area (Å²) in [7, 11) is 0. The number of aromatic nitrogens is 4. The average molecular weight is 432 g/mol. The second-order valence-electron chi connectivity index (χ2n) is 7.68. The van der Waals surface area contributed by atoms with Gasteiger partial charge in [-0.25, -0.2) is 4.98 Å². The summed E-state index contributed by atoms with van der Waals surface area (Å²) in [6.45, 7) is 3.80. The Balaban J connectivity index is 1.45. The van der Waals surface area contributed by atoms with Gasteiger partial charge in [-0.2, -0.15) is 9.61 Å². The summed E-state index contributed by atoms with van der Waals surface area (Å²) in [6, 6.07) is 13.2. The van der Waals surface area contributed by atoms with Crippen molar-refractivity contribution in [3.05, 3.63) is 61.1 Å². The lowest BCUT2D eigenvalue weighted by atomic mass is 10.1. The molecule has 3 aromatic heterocycles. The van der Waals surface area contributed by atoms with Crippen molar-refractivity contribution in [1.29, 1.82) is 0 Å². The predicted octanol–water partition coefficient (Wildman–Crippen LogP) is 2.23. The molecule has 1 aromatic carbocycles. The first-order chi connectivity index (χ1) is 15.7. The number of pyridine rings is 1. The Hall–Kier alpha value is -3.85. The van der Waals surface area contributed by atoms with E-state index >= 15 is 0 Å². The van der Waals surface area contributed by atoms with Gasteiger partial charge >= 0.3 is 0 Å². The van der Waals surface area contributed by atoms with Crippen LogP contribution in [-0.4, -0.2) is 69.1 Å². The Bertz CT molecular complexity index is 1190. The summed E-state index contributed by atoms with van der Waals surface area (Å²) in [6.07, 6.45) is 5.36. The zero-order valence-corrected chi connectivity index (χ0v) is 17.6. The van der Waals surface area contributed by atoms with E-state index in [9.17, 15) is 10.2 Å². The van der Waals surface area contributed by atoms with Crippen LogP contribution in [0.15, 0.2) is 61.1 Å². The van der Waals surface area contributed by atoms with Gasteiger partial charge in [0.2, 0.25) is 0 Å². The minimum Gasteiger partial charge on any atom is -0.508 e. The van der Waals surface area contributed by atoms with E-state index in [2.05, 4.69) is 25.2 Å². The number of benzene rings is 1. The zero-order valence-electron chi connectivity index (χ0n) is 17.6. The lowest BCUT2D eigenvalue weighted by molar-refractivity contribution is 0.311. The van der Waals surface area contributed by atoms with Gasteiger partial charge in [0.15, 0.2) is 5.65 Å². The molecule has 9 heteroatoms. The highest BCUT2D eigenvalue weighted by Crippen LogP contribution is 2.28. The van der Waals surface area contributed by atoms with Crippen LogP contribution < -0.4 is 15.1 Å². The average Bonchev–Trinajstić information content (AvgIpc) is 3.28. The van der Waals surface area contributed by atoms with Crippen molar-refractivity contribution >= 4 is 23.0 Å². The number of anilines is 3. The molecular formula is C23H25N7O2. The zero-order chi connectivity index (χ0) is 21.9. The number of hydrogen-bond acceptors (Lipinski definition) is 8. The summed E-state index contributed by atoms with van der Waals surface area (Å²) in [4.78, 5) is 13.8. The first kappa shape index (κ1) is 20.1. The number of aliphatic hydroxyl groups excluding tert-OH is 1. The number of phenols is 1. The third-order valence-electron chi connectivity index (χ3n) is 5.67. The van der Waals surface area contributed by atoms with E-state index in [4.69, 9.17) is 4.98 Å². The van der Waals surface area contributed by atoms with Gasteiger partial charge in [-0.05, 0) is 30.3 Å². The summed E-state index contributed by atoms with van der Waals surface area (Å²) in [5.74, 6) is 1.93. The van der Waals surface area contributed by atoms with Crippen LogP contribution in [0.3, 0.4) is 0 Å². The Morgan fingerprint density at radius 3 is 2.47 bits per heavy atom. The van der Waals surface area contributed by atoms with Crippen LogP contribution in [0.25, 0.3) is 16.8 Å². The van der Waals surface area contributed by atoms with Crippen molar-refractivity contribution in [2.45, 2.75) is 0 Å². The Morgan fingerprint density at radius 1 is 0.969 bits per heavy atom. The van der Waals surface area contributed by atoms with Gasteiger partial charge in [-0.1, -0.05) is 6.07 Å². The standard InChI is InChI=1S/C23H25N7O2/c31-13-8-25-21-14-22(27-23-20(16-26-30(21)23)17-2-1-7-24-15-17)29-11-9-28(10-12-29)18-3-5-19(32)6-4-18/h1-7,14-16,25,31-32H,8-13H2. The number of rotatable bonds is 6. The lowest BCUT2D eigenvalue weighted by Gasteiger charge is -2.37. The van der Waals surface area contributed by atoms with Gasteiger partial charge in [-0.15, -0.1) is 0 Å². The number of piperazine rings is 1. The largest absolute Gasteiger partial charge is 0.508 e. The van der Waals surface area contributed by atoms with Gasteiger partial charge < -0.3 is 25.3 Å². The molecule has 32 heavy (non-hydrogen) atoms. The molecule has 0 bridgehead atoms. The highest BCUT2D eigenvalue weighted by Gasteiger charge is 2.21. The lowest BCUT2D eigenvalue weighted by Crippen LogP contribution is -2.46. The topological polar surface area (TPSA) is 102 Å². The minimum absolute atomic E-state index is 0.0290. The molecule has 9 nitrogen and oxygen atoms in total. The molecule has 0 aliphatic carbocycles. The molecule has 3 N–H and O–H groups in total. The van der Waals surface area contributed by atoms with Gasteiger partial charge in [0.05, 0.1) is 12.8 Å².